The lowest BCUT2D eigenvalue weighted by atomic mass is 10.0. The van der Waals surface area contributed by atoms with Crippen molar-refractivity contribution >= 4 is 40.6 Å². The van der Waals surface area contributed by atoms with Crippen LogP contribution in [0.15, 0.2) is 36.5 Å². The largest absolute Gasteiger partial charge is 0.356 e. The Bertz CT molecular complexity index is 1210. The molecule has 9 nitrogen and oxygen atoms in total. The van der Waals surface area contributed by atoms with E-state index in [9.17, 15) is 4.79 Å². The summed E-state index contributed by atoms with van der Waals surface area (Å²) in [5.74, 6) is 2.11. The molecule has 3 heterocycles. The second kappa shape index (κ2) is 8.62. The third-order valence-corrected chi connectivity index (χ3v) is 5.91. The van der Waals surface area contributed by atoms with Gasteiger partial charge in [0.15, 0.2) is 0 Å². The molecular weight excluding hydrogens is 428 g/mol. The molecule has 0 radical (unpaired) electrons. The number of nitrogens with one attached hydrogen (secondary N) is 2. The lowest BCUT2D eigenvalue weighted by Gasteiger charge is -2.42. The first kappa shape index (κ1) is 23.5. The second-order valence-corrected chi connectivity index (χ2v) is 10.0. The zero-order valence-corrected chi connectivity index (χ0v) is 21.2. The van der Waals surface area contributed by atoms with Gasteiger partial charge < -0.3 is 20.4 Å². The fraction of sp³-hybridized carbons (Fsp3) is 0.440. The van der Waals surface area contributed by atoms with E-state index in [-0.39, 0.29) is 23.5 Å². The van der Waals surface area contributed by atoms with Crippen LogP contribution in [0.25, 0.3) is 0 Å². The van der Waals surface area contributed by atoms with Crippen molar-refractivity contribution in [1.29, 1.82) is 0 Å². The van der Waals surface area contributed by atoms with Gasteiger partial charge in [-0.1, -0.05) is 0 Å². The lowest BCUT2D eigenvalue weighted by molar-refractivity contribution is -0.119. The maximum atomic E-state index is 12.7. The molecule has 2 N–H and O–H groups in total. The van der Waals surface area contributed by atoms with Gasteiger partial charge in [-0.25, -0.2) is 9.67 Å². The highest BCUT2D eigenvalue weighted by molar-refractivity contribution is 6.05. The number of nitrogens with zero attached hydrogens (tertiary/aromatic N) is 6. The van der Waals surface area contributed by atoms with Crippen LogP contribution in [0, 0.1) is 6.92 Å². The third-order valence-electron chi connectivity index (χ3n) is 5.91. The number of amides is 1. The highest BCUT2D eigenvalue weighted by atomic mass is 16.2. The first-order valence-electron chi connectivity index (χ1n) is 11.6. The van der Waals surface area contributed by atoms with E-state index in [0.29, 0.717) is 11.8 Å². The Labute approximate surface area is 201 Å². The molecule has 4 rings (SSSR count). The molecule has 3 aromatic rings. The van der Waals surface area contributed by atoms with E-state index in [2.05, 4.69) is 71.3 Å². The molecule has 0 bridgehead atoms. The summed E-state index contributed by atoms with van der Waals surface area (Å²) >= 11 is 0. The Morgan fingerprint density at radius 3 is 2.47 bits per heavy atom. The highest BCUT2D eigenvalue weighted by Gasteiger charge is 2.35. The fourth-order valence-electron chi connectivity index (χ4n) is 4.39. The van der Waals surface area contributed by atoms with Crippen molar-refractivity contribution in [2.75, 3.05) is 27.5 Å². The van der Waals surface area contributed by atoms with E-state index in [4.69, 9.17) is 0 Å². The summed E-state index contributed by atoms with van der Waals surface area (Å²) in [5.41, 5.74) is 3.53. The summed E-state index contributed by atoms with van der Waals surface area (Å²) < 4.78 is 1.96. The van der Waals surface area contributed by atoms with E-state index < -0.39 is 0 Å². The number of aromatic nitrogens is 4. The molecule has 0 aliphatic carbocycles. The molecule has 180 valence electrons. The second-order valence-electron chi connectivity index (χ2n) is 10.0. The molecule has 1 atom stereocenters. The Hall–Kier alpha value is -3.62. The predicted molar refractivity (Wildman–Crippen MR) is 137 cm³/mol. The summed E-state index contributed by atoms with van der Waals surface area (Å²) in [6.45, 7) is 14.5. The number of carbonyl (C=O) groups is 1. The van der Waals surface area contributed by atoms with E-state index in [1.807, 2.05) is 49.8 Å². The average molecular weight is 463 g/mol. The van der Waals surface area contributed by atoms with Crippen LogP contribution < -0.4 is 20.4 Å². The maximum Gasteiger partial charge on any atom is 0.249 e. The minimum Gasteiger partial charge on any atom is -0.356 e. The minimum absolute atomic E-state index is 0.0914. The Morgan fingerprint density at radius 2 is 1.79 bits per heavy atom. The van der Waals surface area contributed by atoms with Gasteiger partial charge in [0.1, 0.15) is 17.7 Å². The van der Waals surface area contributed by atoms with Crippen LogP contribution in [-0.2, 0) is 10.3 Å². The van der Waals surface area contributed by atoms with Crippen molar-refractivity contribution in [2.24, 2.45) is 0 Å². The minimum atomic E-state index is -0.229. The molecule has 1 amide bonds. The van der Waals surface area contributed by atoms with Gasteiger partial charge >= 0.3 is 0 Å². The monoisotopic (exact) mass is 462 g/mol. The summed E-state index contributed by atoms with van der Waals surface area (Å²) in [7, 11) is 1.82. The number of benzene rings is 1. The molecule has 9 heteroatoms. The van der Waals surface area contributed by atoms with Crippen molar-refractivity contribution in [2.45, 2.75) is 66.1 Å². The summed E-state index contributed by atoms with van der Waals surface area (Å²) in [5, 5.41) is 11.3. The highest BCUT2D eigenvalue weighted by Crippen LogP contribution is 2.39. The van der Waals surface area contributed by atoms with Gasteiger partial charge in [-0.2, -0.15) is 10.1 Å². The van der Waals surface area contributed by atoms with Crippen molar-refractivity contribution in [3.63, 3.8) is 0 Å². The first-order chi connectivity index (χ1) is 16.0. The summed E-state index contributed by atoms with van der Waals surface area (Å²) in [6, 6.07) is 9.74. The standard InChI is InChI=1S/C25H34N8O/c1-15(2)32-17(4)23(34)31(8)19-10-9-18(14-20(19)32)27-24-26-12-11-21(29-24)28-22-13-16(3)30-33(22)25(5,6)7/h9-15,17H,1-8H3,(H2,26,27,28,29)/t17-/m1/s1. The average Bonchev–Trinajstić information content (AvgIpc) is 3.13. The van der Waals surface area contributed by atoms with Gasteiger partial charge in [0.25, 0.3) is 0 Å². The van der Waals surface area contributed by atoms with E-state index in [1.54, 1.807) is 11.1 Å². The zero-order valence-electron chi connectivity index (χ0n) is 21.2. The van der Waals surface area contributed by atoms with Crippen LogP contribution in [0.2, 0.25) is 0 Å². The van der Waals surface area contributed by atoms with E-state index >= 15 is 0 Å². The Kier molecular flexibility index (Phi) is 5.97. The van der Waals surface area contributed by atoms with Crippen molar-refractivity contribution in [3.05, 3.63) is 42.2 Å². The Morgan fingerprint density at radius 1 is 1.06 bits per heavy atom. The van der Waals surface area contributed by atoms with Gasteiger partial charge in [-0.3, -0.25) is 4.79 Å². The number of hydrogen-bond acceptors (Lipinski definition) is 7. The van der Waals surface area contributed by atoms with Crippen LogP contribution in [-0.4, -0.2) is 44.8 Å². The molecule has 34 heavy (non-hydrogen) atoms. The summed E-state index contributed by atoms with van der Waals surface area (Å²) in [6.07, 6.45) is 1.72. The molecule has 0 saturated carbocycles. The quantitative estimate of drug-likeness (QED) is 0.562. The Balaban J connectivity index is 1.61. The van der Waals surface area contributed by atoms with Crippen LogP contribution >= 0.6 is 0 Å². The number of anilines is 6. The predicted octanol–water partition coefficient (Wildman–Crippen LogP) is 4.80. The number of fused-ring (bicyclic) bond motifs is 1. The van der Waals surface area contributed by atoms with Gasteiger partial charge in [0.05, 0.1) is 22.6 Å². The zero-order chi connectivity index (χ0) is 24.8. The molecule has 2 aromatic heterocycles. The molecular formula is C25H34N8O. The van der Waals surface area contributed by atoms with Gasteiger partial charge in [-0.05, 0) is 72.7 Å². The number of rotatable bonds is 5. The van der Waals surface area contributed by atoms with Gasteiger partial charge in [-0.15, -0.1) is 0 Å². The van der Waals surface area contributed by atoms with Gasteiger partial charge in [0.2, 0.25) is 11.9 Å². The number of hydrogen-bond donors (Lipinski definition) is 2. The van der Waals surface area contributed by atoms with Crippen molar-refractivity contribution in [1.82, 2.24) is 19.7 Å². The smallest absolute Gasteiger partial charge is 0.249 e. The number of aryl methyl sites for hydroxylation is 1. The maximum absolute atomic E-state index is 12.7. The first-order valence-corrected chi connectivity index (χ1v) is 11.6. The lowest BCUT2D eigenvalue weighted by Crippen LogP contribution is -2.53. The fourth-order valence-corrected chi connectivity index (χ4v) is 4.39. The number of carbonyl (C=O) groups excluding carboxylic acids is 1. The van der Waals surface area contributed by atoms with E-state index in [0.717, 1.165) is 28.6 Å². The molecule has 1 aliphatic heterocycles. The molecule has 0 spiro atoms. The normalized spacial score (nSPS) is 16.1. The molecule has 0 fully saturated rings. The van der Waals surface area contributed by atoms with Gasteiger partial charge in [0, 0.05) is 31.0 Å². The van der Waals surface area contributed by atoms with Crippen LogP contribution in [0.3, 0.4) is 0 Å². The van der Waals surface area contributed by atoms with E-state index in [1.165, 1.54) is 0 Å². The number of likely N-dealkylation sites (N-methyl/N-ethyl adjacent to an activating group) is 1. The molecule has 1 aromatic carbocycles. The molecule has 0 unspecified atom stereocenters. The topological polar surface area (TPSA) is 91.2 Å². The third kappa shape index (κ3) is 4.42. The van der Waals surface area contributed by atoms with Crippen LogP contribution in [0.5, 0.6) is 0 Å². The van der Waals surface area contributed by atoms with Crippen molar-refractivity contribution < 1.29 is 4.79 Å². The van der Waals surface area contributed by atoms with Crippen LogP contribution in [0.4, 0.5) is 34.6 Å². The summed E-state index contributed by atoms with van der Waals surface area (Å²) in [4.78, 5) is 25.6. The van der Waals surface area contributed by atoms with Crippen LogP contribution in [0.1, 0.15) is 47.2 Å². The molecule has 1 aliphatic rings. The SMILES string of the molecule is Cc1cc(Nc2ccnc(Nc3ccc4c(c3)N(C(C)C)[C@H](C)C(=O)N4C)n2)n(C(C)(C)C)n1. The molecule has 0 saturated heterocycles. The van der Waals surface area contributed by atoms with Crippen molar-refractivity contribution in [3.8, 4) is 0 Å².